The lowest BCUT2D eigenvalue weighted by Crippen LogP contribution is -2.17. The number of amides is 1. The van der Waals surface area contributed by atoms with Crippen LogP contribution in [0, 0.1) is 22.5 Å². The predicted molar refractivity (Wildman–Crippen MR) is 114 cm³/mol. The molecule has 0 aliphatic carbocycles. The highest BCUT2D eigenvalue weighted by Gasteiger charge is 2.19. The summed E-state index contributed by atoms with van der Waals surface area (Å²) in [6, 6.07) is 9.91. The Morgan fingerprint density at radius 2 is 1.93 bits per heavy atom. The molecule has 0 fully saturated rings. The minimum Gasteiger partial charge on any atom is -0.304 e. The standard InChI is InChI=1S/C20H17N3O5S2/c1-4-11-22-17-12-15(23(25)26)7-10-18(17)29-20(22)21-19(24)14-5-8-16(9-6-14)30(27,28)13(2)3/h1,5-10,12-13H,11H2,2-3H3. The molecule has 3 aromatic rings. The van der Waals surface area contributed by atoms with Crippen molar-refractivity contribution in [3.8, 4) is 12.3 Å². The first-order valence-electron chi connectivity index (χ1n) is 8.79. The van der Waals surface area contributed by atoms with E-state index in [4.69, 9.17) is 6.42 Å². The Hall–Kier alpha value is -3.29. The molecule has 0 aliphatic rings. The quantitative estimate of drug-likeness (QED) is 0.342. The van der Waals surface area contributed by atoms with Crippen molar-refractivity contribution in [1.82, 2.24) is 4.57 Å². The van der Waals surface area contributed by atoms with E-state index >= 15 is 0 Å². The number of nitro benzene ring substituents is 1. The highest BCUT2D eigenvalue weighted by Crippen LogP contribution is 2.23. The fourth-order valence-electron chi connectivity index (χ4n) is 2.71. The fourth-order valence-corrected chi connectivity index (χ4v) is 4.78. The number of sulfone groups is 1. The lowest BCUT2D eigenvalue weighted by atomic mass is 10.2. The molecular weight excluding hydrogens is 426 g/mol. The Balaban J connectivity index is 2.06. The summed E-state index contributed by atoms with van der Waals surface area (Å²) in [6.07, 6.45) is 5.42. The second-order valence-corrected chi connectivity index (χ2v) is 10.1. The molecule has 2 aromatic carbocycles. The van der Waals surface area contributed by atoms with Gasteiger partial charge in [-0.1, -0.05) is 17.3 Å². The van der Waals surface area contributed by atoms with Crippen LogP contribution in [0.3, 0.4) is 0 Å². The minimum atomic E-state index is -3.44. The molecule has 1 heterocycles. The highest BCUT2D eigenvalue weighted by atomic mass is 32.2. The van der Waals surface area contributed by atoms with Crippen molar-refractivity contribution >= 4 is 43.0 Å². The van der Waals surface area contributed by atoms with Crippen LogP contribution < -0.4 is 4.80 Å². The van der Waals surface area contributed by atoms with Crippen LogP contribution in [0.4, 0.5) is 5.69 Å². The zero-order chi connectivity index (χ0) is 22.1. The molecule has 0 spiro atoms. The molecular formula is C20H17N3O5S2. The normalized spacial score (nSPS) is 12.3. The number of non-ortho nitro benzene ring substituents is 1. The Morgan fingerprint density at radius 3 is 2.50 bits per heavy atom. The summed E-state index contributed by atoms with van der Waals surface area (Å²) >= 11 is 1.18. The van der Waals surface area contributed by atoms with Crippen LogP contribution in [0.5, 0.6) is 0 Å². The number of thiazole rings is 1. The van der Waals surface area contributed by atoms with Crippen LogP contribution in [-0.2, 0) is 16.4 Å². The van der Waals surface area contributed by atoms with Crippen LogP contribution in [0.15, 0.2) is 52.4 Å². The molecule has 154 valence electrons. The van der Waals surface area contributed by atoms with E-state index in [1.165, 1.54) is 47.7 Å². The molecule has 0 bridgehead atoms. The summed E-state index contributed by atoms with van der Waals surface area (Å²) in [4.78, 5) is 27.7. The second kappa shape index (κ2) is 8.22. The van der Waals surface area contributed by atoms with Gasteiger partial charge in [-0.05, 0) is 44.2 Å². The van der Waals surface area contributed by atoms with Gasteiger partial charge in [0.1, 0.15) is 0 Å². The van der Waals surface area contributed by atoms with Gasteiger partial charge in [0.15, 0.2) is 14.6 Å². The third-order valence-electron chi connectivity index (χ3n) is 4.37. The van der Waals surface area contributed by atoms with Gasteiger partial charge in [-0.15, -0.1) is 6.42 Å². The molecule has 1 amide bonds. The second-order valence-electron chi connectivity index (χ2n) is 6.62. The third-order valence-corrected chi connectivity index (χ3v) is 7.60. The van der Waals surface area contributed by atoms with Crippen molar-refractivity contribution < 1.29 is 18.1 Å². The maximum absolute atomic E-state index is 12.6. The topological polar surface area (TPSA) is 112 Å². The number of carbonyl (C=O) groups is 1. The van der Waals surface area contributed by atoms with Gasteiger partial charge in [0.2, 0.25) is 0 Å². The van der Waals surface area contributed by atoms with Crippen molar-refractivity contribution in [2.24, 2.45) is 4.99 Å². The molecule has 0 atom stereocenters. The van der Waals surface area contributed by atoms with E-state index in [1.54, 1.807) is 24.5 Å². The van der Waals surface area contributed by atoms with Crippen LogP contribution in [-0.4, -0.2) is 29.1 Å². The van der Waals surface area contributed by atoms with E-state index in [0.717, 1.165) is 0 Å². The maximum atomic E-state index is 12.6. The molecule has 8 nitrogen and oxygen atoms in total. The lowest BCUT2D eigenvalue weighted by molar-refractivity contribution is -0.384. The first-order valence-corrected chi connectivity index (χ1v) is 11.2. The van der Waals surface area contributed by atoms with Gasteiger partial charge in [-0.25, -0.2) is 8.42 Å². The lowest BCUT2D eigenvalue weighted by Gasteiger charge is -2.07. The van der Waals surface area contributed by atoms with E-state index < -0.39 is 25.9 Å². The largest absolute Gasteiger partial charge is 0.304 e. The van der Waals surface area contributed by atoms with Gasteiger partial charge < -0.3 is 4.57 Å². The smallest absolute Gasteiger partial charge is 0.279 e. The number of hydrogen-bond acceptors (Lipinski definition) is 6. The molecule has 0 unspecified atom stereocenters. The van der Waals surface area contributed by atoms with Crippen LogP contribution in [0.1, 0.15) is 24.2 Å². The molecule has 10 heteroatoms. The first kappa shape index (κ1) is 21.4. The molecule has 1 aromatic heterocycles. The van der Waals surface area contributed by atoms with Gasteiger partial charge >= 0.3 is 0 Å². The van der Waals surface area contributed by atoms with E-state index in [2.05, 4.69) is 10.9 Å². The molecule has 0 aliphatic heterocycles. The third kappa shape index (κ3) is 4.03. The van der Waals surface area contributed by atoms with Gasteiger partial charge in [0.25, 0.3) is 11.6 Å². The number of rotatable bonds is 5. The average molecular weight is 444 g/mol. The summed E-state index contributed by atoms with van der Waals surface area (Å²) in [7, 11) is -3.44. The number of hydrogen-bond donors (Lipinski definition) is 0. The van der Waals surface area contributed by atoms with Crippen LogP contribution >= 0.6 is 11.3 Å². The molecule has 30 heavy (non-hydrogen) atoms. The monoisotopic (exact) mass is 443 g/mol. The maximum Gasteiger partial charge on any atom is 0.279 e. The van der Waals surface area contributed by atoms with E-state index in [1.807, 2.05) is 0 Å². The zero-order valence-electron chi connectivity index (χ0n) is 16.1. The fraction of sp³-hybridized carbons (Fsp3) is 0.200. The Kier molecular flexibility index (Phi) is 5.87. The Morgan fingerprint density at radius 1 is 1.27 bits per heavy atom. The number of nitro groups is 1. The van der Waals surface area contributed by atoms with Gasteiger partial charge in [0.05, 0.1) is 31.8 Å². The van der Waals surface area contributed by atoms with E-state index in [9.17, 15) is 23.3 Å². The highest BCUT2D eigenvalue weighted by molar-refractivity contribution is 7.92. The number of terminal acetylenes is 1. The first-order chi connectivity index (χ1) is 14.1. The Labute approximate surface area is 176 Å². The van der Waals surface area contributed by atoms with E-state index in [0.29, 0.717) is 15.0 Å². The number of carbonyl (C=O) groups excluding carboxylic acids is 1. The van der Waals surface area contributed by atoms with Gasteiger partial charge in [-0.3, -0.25) is 14.9 Å². The Bertz CT molecular complexity index is 1360. The summed E-state index contributed by atoms with van der Waals surface area (Å²) in [6.45, 7) is 3.25. The molecule has 0 N–H and O–H groups in total. The molecule has 3 rings (SSSR count). The molecule has 0 saturated carbocycles. The van der Waals surface area contributed by atoms with Crippen molar-refractivity contribution in [2.75, 3.05) is 0 Å². The predicted octanol–water partition coefficient (Wildman–Crippen LogP) is 3.17. The number of benzene rings is 2. The van der Waals surface area contributed by atoms with E-state index in [-0.39, 0.29) is 22.7 Å². The van der Waals surface area contributed by atoms with Crippen molar-refractivity contribution in [1.29, 1.82) is 0 Å². The van der Waals surface area contributed by atoms with Crippen LogP contribution in [0.2, 0.25) is 0 Å². The summed E-state index contributed by atoms with van der Waals surface area (Å²) in [5, 5.41) is 10.5. The number of fused-ring (bicyclic) bond motifs is 1. The minimum absolute atomic E-state index is 0.0822. The van der Waals surface area contributed by atoms with Crippen molar-refractivity contribution in [3.63, 3.8) is 0 Å². The average Bonchev–Trinajstić information content (AvgIpc) is 3.04. The summed E-state index contributed by atoms with van der Waals surface area (Å²) in [5.74, 6) is 1.89. The van der Waals surface area contributed by atoms with Gasteiger partial charge in [-0.2, -0.15) is 4.99 Å². The molecule has 0 saturated heterocycles. The number of nitrogens with zero attached hydrogens (tertiary/aromatic N) is 3. The molecule has 0 radical (unpaired) electrons. The van der Waals surface area contributed by atoms with Crippen LogP contribution in [0.25, 0.3) is 10.2 Å². The van der Waals surface area contributed by atoms with Gasteiger partial charge in [0, 0.05) is 17.7 Å². The zero-order valence-corrected chi connectivity index (χ0v) is 17.7. The number of aromatic nitrogens is 1. The SMILES string of the molecule is C#CCn1c(=NC(=O)c2ccc(S(=O)(=O)C(C)C)cc2)sc2ccc([N+](=O)[O-])cc21. The summed E-state index contributed by atoms with van der Waals surface area (Å²) < 4.78 is 26.7. The van der Waals surface area contributed by atoms with Crippen molar-refractivity contribution in [2.45, 2.75) is 30.5 Å². The van der Waals surface area contributed by atoms with Crippen molar-refractivity contribution in [3.05, 3.63) is 62.9 Å². The summed E-state index contributed by atoms with van der Waals surface area (Å²) in [5.41, 5.74) is 0.636.